The Morgan fingerprint density at radius 1 is 0.913 bits per heavy atom. The zero-order chi connectivity index (χ0) is 16.8. The van der Waals surface area contributed by atoms with E-state index < -0.39 is 21.3 Å². The Morgan fingerprint density at radius 3 is 1.65 bits per heavy atom. The summed E-state index contributed by atoms with van der Waals surface area (Å²) in [4.78, 5) is 11.3. The fraction of sp³-hybridized carbons (Fsp3) is 0.938. The van der Waals surface area contributed by atoms with Gasteiger partial charge in [0.1, 0.15) is 15.4 Å². The van der Waals surface area contributed by atoms with Crippen molar-refractivity contribution in [2.45, 2.75) is 89.2 Å². The average Bonchev–Trinajstić information content (AvgIpc) is 2.46. The van der Waals surface area contributed by atoms with E-state index in [1.54, 1.807) is 0 Å². The van der Waals surface area contributed by atoms with Crippen molar-refractivity contribution < 1.29 is 52.1 Å². The van der Waals surface area contributed by atoms with Gasteiger partial charge in [0.05, 0.1) is 7.11 Å². The van der Waals surface area contributed by atoms with Crippen LogP contribution in [0.15, 0.2) is 0 Å². The summed E-state index contributed by atoms with van der Waals surface area (Å²) in [6.45, 7) is 2.21. The number of carbonyl (C=O) groups excluding carboxylic acids is 1. The van der Waals surface area contributed by atoms with Crippen LogP contribution in [0.4, 0.5) is 0 Å². The first kappa shape index (κ1) is 25.6. The third-order valence-corrected chi connectivity index (χ3v) is 5.01. The summed E-state index contributed by atoms with van der Waals surface area (Å²) in [5.41, 5.74) is 0. The molecule has 0 N–H and O–H groups in total. The Balaban J connectivity index is 0. The standard InChI is InChI=1S/C16H32O5S.Na/c1-3-4-5-6-7-8-9-10-11-12-13-14-15(16(17)21-2)22(18,19)20;/h15H,3-14H2,1-2H3,(H,18,19,20);/q;+1/p-1. The van der Waals surface area contributed by atoms with Crippen molar-refractivity contribution in [2.24, 2.45) is 0 Å². The Labute approximate surface area is 164 Å². The van der Waals surface area contributed by atoms with Crippen LogP contribution >= 0.6 is 0 Å². The summed E-state index contributed by atoms with van der Waals surface area (Å²) in [5.74, 6) is -0.943. The molecule has 0 amide bonds. The van der Waals surface area contributed by atoms with Crippen LogP contribution < -0.4 is 29.6 Å². The fourth-order valence-corrected chi connectivity index (χ4v) is 3.29. The quantitative estimate of drug-likeness (QED) is 0.198. The molecular formula is C16H31NaO5S. The molecule has 0 saturated heterocycles. The molecule has 0 aromatic heterocycles. The molecule has 0 aliphatic carbocycles. The zero-order valence-corrected chi connectivity index (χ0v) is 17.8. The molecule has 5 nitrogen and oxygen atoms in total. The molecule has 0 radical (unpaired) electrons. The Hall–Kier alpha value is 0.380. The molecule has 1 atom stereocenters. The van der Waals surface area contributed by atoms with Crippen LogP contribution in [0.3, 0.4) is 0 Å². The number of methoxy groups -OCH3 is 1. The van der Waals surface area contributed by atoms with Crippen molar-refractivity contribution in [1.29, 1.82) is 0 Å². The van der Waals surface area contributed by atoms with Gasteiger partial charge in [-0.2, -0.15) is 0 Å². The minimum Gasteiger partial charge on any atom is -0.747 e. The van der Waals surface area contributed by atoms with Crippen molar-refractivity contribution in [3.63, 3.8) is 0 Å². The van der Waals surface area contributed by atoms with Gasteiger partial charge < -0.3 is 9.29 Å². The Kier molecular flexibility index (Phi) is 17.7. The number of hydrogen-bond acceptors (Lipinski definition) is 5. The summed E-state index contributed by atoms with van der Waals surface area (Å²) in [6.07, 6.45) is 12.6. The molecule has 0 saturated carbocycles. The minimum absolute atomic E-state index is 0. The number of hydrogen-bond donors (Lipinski definition) is 0. The first-order chi connectivity index (χ1) is 10.4. The van der Waals surface area contributed by atoms with Crippen LogP contribution in [-0.2, 0) is 19.6 Å². The maximum atomic E-state index is 11.3. The SMILES string of the molecule is CCCCCCCCCCCCCC(C(=O)OC)S(=O)(=O)[O-].[Na+]. The maximum Gasteiger partial charge on any atom is 1.00 e. The third-order valence-electron chi connectivity index (χ3n) is 3.88. The summed E-state index contributed by atoms with van der Waals surface area (Å²) < 4.78 is 37.3. The summed E-state index contributed by atoms with van der Waals surface area (Å²) in [6, 6.07) is 0. The van der Waals surface area contributed by atoms with Gasteiger partial charge in [0.2, 0.25) is 0 Å². The molecule has 0 aliphatic rings. The second kappa shape index (κ2) is 15.9. The van der Waals surface area contributed by atoms with E-state index >= 15 is 0 Å². The van der Waals surface area contributed by atoms with Crippen LogP contribution in [-0.4, -0.2) is 31.3 Å². The molecule has 0 bridgehead atoms. The van der Waals surface area contributed by atoms with E-state index in [9.17, 15) is 17.8 Å². The number of ether oxygens (including phenoxy) is 1. The maximum absolute atomic E-state index is 11.3. The largest absolute Gasteiger partial charge is 1.00 e. The topological polar surface area (TPSA) is 83.5 Å². The van der Waals surface area contributed by atoms with E-state index in [4.69, 9.17) is 0 Å². The van der Waals surface area contributed by atoms with E-state index in [0.29, 0.717) is 6.42 Å². The van der Waals surface area contributed by atoms with Gasteiger partial charge in [-0.3, -0.25) is 4.79 Å². The van der Waals surface area contributed by atoms with Crippen LogP contribution in [0, 0.1) is 0 Å². The van der Waals surface area contributed by atoms with Crippen LogP contribution in [0.1, 0.15) is 84.0 Å². The molecule has 0 heterocycles. The number of rotatable bonds is 14. The molecule has 0 aromatic rings. The molecule has 0 spiro atoms. The molecule has 132 valence electrons. The smallest absolute Gasteiger partial charge is 0.747 e. The summed E-state index contributed by atoms with van der Waals surface area (Å²) in [5, 5.41) is -1.55. The van der Waals surface area contributed by atoms with Crippen LogP contribution in [0.25, 0.3) is 0 Å². The molecule has 23 heavy (non-hydrogen) atoms. The fourth-order valence-electron chi connectivity index (χ4n) is 2.51. The monoisotopic (exact) mass is 358 g/mol. The van der Waals surface area contributed by atoms with E-state index in [1.807, 2.05) is 0 Å². The number of carbonyl (C=O) groups is 1. The van der Waals surface area contributed by atoms with Gasteiger partial charge in [-0.25, -0.2) is 8.42 Å². The van der Waals surface area contributed by atoms with Gasteiger partial charge in [-0.15, -0.1) is 0 Å². The minimum atomic E-state index is -4.61. The first-order valence-corrected chi connectivity index (χ1v) is 9.93. The average molecular weight is 358 g/mol. The summed E-state index contributed by atoms with van der Waals surface area (Å²) in [7, 11) is -3.52. The van der Waals surface area contributed by atoms with Crippen molar-refractivity contribution in [3.8, 4) is 0 Å². The van der Waals surface area contributed by atoms with Crippen molar-refractivity contribution in [2.75, 3.05) is 7.11 Å². The second-order valence-electron chi connectivity index (χ2n) is 5.83. The van der Waals surface area contributed by atoms with E-state index in [-0.39, 0.29) is 36.0 Å². The van der Waals surface area contributed by atoms with Crippen LogP contribution in [0.5, 0.6) is 0 Å². The first-order valence-electron chi connectivity index (χ1n) is 8.46. The molecule has 0 aromatic carbocycles. The van der Waals surface area contributed by atoms with Gasteiger partial charge in [-0.1, -0.05) is 77.6 Å². The van der Waals surface area contributed by atoms with E-state index in [2.05, 4.69) is 11.7 Å². The molecule has 1 unspecified atom stereocenters. The van der Waals surface area contributed by atoms with Gasteiger partial charge in [-0.05, 0) is 6.42 Å². The predicted octanol–water partition coefficient (Wildman–Crippen LogP) is 0.778. The van der Waals surface area contributed by atoms with E-state index in [1.165, 1.54) is 44.9 Å². The summed E-state index contributed by atoms with van der Waals surface area (Å²) >= 11 is 0. The van der Waals surface area contributed by atoms with Gasteiger partial charge in [0, 0.05) is 0 Å². The molecule has 0 aliphatic heterocycles. The van der Waals surface area contributed by atoms with Gasteiger partial charge in [0.15, 0.2) is 0 Å². The molecule has 7 heteroatoms. The molecular weight excluding hydrogens is 327 g/mol. The Bertz CT molecular complexity index is 384. The second-order valence-corrected chi connectivity index (χ2v) is 7.38. The van der Waals surface area contributed by atoms with Crippen molar-refractivity contribution in [3.05, 3.63) is 0 Å². The van der Waals surface area contributed by atoms with Crippen molar-refractivity contribution >= 4 is 16.1 Å². The van der Waals surface area contributed by atoms with E-state index in [0.717, 1.165) is 26.4 Å². The van der Waals surface area contributed by atoms with Crippen molar-refractivity contribution in [1.82, 2.24) is 0 Å². The number of unbranched alkanes of at least 4 members (excludes halogenated alkanes) is 10. The molecule has 0 rings (SSSR count). The van der Waals surface area contributed by atoms with Gasteiger partial charge >= 0.3 is 35.5 Å². The zero-order valence-electron chi connectivity index (χ0n) is 15.0. The third kappa shape index (κ3) is 14.4. The Morgan fingerprint density at radius 2 is 1.30 bits per heavy atom. The molecule has 0 fully saturated rings. The number of esters is 1. The van der Waals surface area contributed by atoms with Gasteiger partial charge in [0.25, 0.3) is 0 Å². The predicted molar refractivity (Wildman–Crippen MR) is 86.6 cm³/mol. The van der Waals surface area contributed by atoms with Crippen LogP contribution in [0.2, 0.25) is 0 Å². The normalized spacial score (nSPS) is 12.5.